The summed E-state index contributed by atoms with van der Waals surface area (Å²) in [6, 6.07) is 7.62. The molecule has 1 unspecified atom stereocenters. The molecule has 0 radical (unpaired) electrons. The van der Waals surface area contributed by atoms with Gasteiger partial charge in [0.05, 0.1) is 0 Å². The molecule has 0 aromatic heterocycles. The van der Waals surface area contributed by atoms with Crippen LogP contribution in [0.5, 0.6) is 0 Å². The van der Waals surface area contributed by atoms with Crippen LogP contribution >= 0.6 is 0 Å². The lowest BCUT2D eigenvalue weighted by Gasteiger charge is -2.28. The van der Waals surface area contributed by atoms with Gasteiger partial charge in [0, 0.05) is 19.2 Å². The van der Waals surface area contributed by atoms with Crippen molar-refractivity contribution >= 4 is 11.6 Å². The molecular formula is C10H11NO2. The second-order valence-corrected chi connectivity index (χ2v) is 3.25. The Morgan fingerprint density at radius 3 is 2.92 bits per heavy atom. The van der Waals surface area contributed by atoms with Gasteiger partial charge < -0.3 is 10.0 Å². The standard InChI is InChI=1S/C10H11NO2/c1-11-8-5-3-2-4-7(8)6-9(12)10(11)13/h2-5,9,12H,6H2,1H3. The third-order valence-corrected chi connectivity index (χ3v) is 2.38. The molecule has 0 saturated heterocycles. The van der Waals surface area contributed by atoms with Gasteiger partial charge in [0.25, 0.3) is 5.91 Å². The van der Waals surface area contributed by atoms with E-state index in [-0.39, 0.29) is 5.91 Å². The van der Waals surface area contributed by atoms with Gasteiger partial charge in [-0.2, -0.15) is 0 Å². The van der Waals surface area contributed by atoms with Crippen LogP contribution in [0.1, 0.15) is 5.56 Å². The Morgan fingerprint density at radius 2 is 2.15 bits per heavy atom. The van der Waals surface area contributed by atoms with Crippen molar-refractivity contribution in [1.82, 2.24) is 0 Å². The van der Waals surface area contributed by atoms with Crippen LogP contribution in [0.2, 0.25) is 0 Å². The number of hydrogen-bond donors (Lipinski definition) is 1. The van der Waals surface area contributed by atoms with Crippen LogP contribution < -0.4 is 4.90 Å². The number of carbonyl (C=O) groups is 1. The molecule has 1 aliphatic heterocycles. The zero-order valence-corrected chi connectivity index (χ0v) is 7.40. The maximum absolute atomic E-state index is 11.4. The summed E-state index contributed by atoms with van der Waals surface area (Å²) >= 11 is 0. The van der Waals surface area contributed by atoms with Gasteiger partial charge in [0.1, 0.15) is 6.10 Å². The molecule has 68 valence electrons. The number of rotatable bonds is 0. The molecule has 1 aromatic rings. The van der Waals surface area contributed by atoms with Crippen molar-refractivity contribution in [3.63, 3.8) is 0 Å². The van der Waals surface area contributed by atoms with Gasteiger partial charge in [0.15, 0.2) is 0 Å². The predicted octanol–water partition coefficient (Wildman–Crippen LogP) is 0.566. The topological polar surface area (TPSA) is 40.5 Å². The number of aliphatic hydroxyl groups is 1. The van der Waals surface area contributed by atoms with Gasteiger partial charge in [-0.25, -0.2) is 0 Å². The summed E-state index contributed by atoms with van der Waals surface area (Å²) in [6.07, 6.45) is -0.445. The summed E-state index contributed by atoms with van der Waals surface area (Å²) < 4.78 is 0. The minimum absolute atomic E-state index is 0.223. The largest absolute Gasteiger partial charge is 0.383 e. The molecule has 3 nitrogen and oxygen atoms in total. The predicted molar refractivity (Wildman–Crippen MR) is 49.6 cm³/mol. The lowest BCUT2D eigenvalue weighted by atomic mass is 10.00. The molecular weight excluding hydrogens is 166 g/mol. The van der Waals surface area contributed by atoms with Crippen molar-refractivity contribution in [2.75, 3.05) is 11.9 Å². The molecule has 1 heterocycles. The van der Waals surface area contributed by atoms with E-state index in [1.54, 1.807) is 7.05 Å². The minimum Gasteiger partial charge on any atom is -0.383 e. The number of carbonyl (C=O) groups excluding carboxylic acids is 1. The number of nitrogens with zero attached hydrogens (tertiary/aromatic N) is 1. The minimum atomic E-state index is -0.875. The molecule has 0 saturated carbocycles. The first-order valence-corrected chi connectivity index (χ1v) is 4.23. The summed E-state index contributed by atoms with van der Waals surface area (Å²) in [5.41, 5.74) is 1.93. The fourth-order valence-corrected chi connectivity index (χ4v) is 1.65. The maximum Gasteiger partial charge on any atom is 0.255 e. The first-order chi connectivity index (χ1) is 6.20. The fourth-order valence-electron chi connectivity index (χ4n) is 1.65. The highest BCUT2D eigenvalue weighted by atomic mass is 16.3. The quantitative estimate of drug-likeness (QED) is 0.629. The van der Waals surface area contributed by atoms with Crippen LogP contribution in [-0.2, 0) is 11.2 Å². The van der Waals surface area contributed by atoms with E-state index in [0.717, 1.165) is 11.3 Å². The number of fused-ring (bicyclic) bond motifs is 1. The zero-order valence-electron chi connectivity index (χ0n) is 7.40. The van der Waals surface area contributed by atoms with Gasteiger partial charge in [-0.05, 0) is 11.6 Å². The highest BCUT2D eigenvalue weighted by Gasteiger charge is 2.28. The summed E-state index contributed by atoms with van der Waals surface area (Å²) in [7, 11) is 1.68. The summed E-state index contributed by atoms with van der Waals surface area (Å²) in [4.78, 5) is 12.9. The van der Waals surface area contributed by atoms with Crippen LogP contribution in [0.3, 0.4) is 0 Å². The lowest BCUT2D eigenvalue weighted by Crippen LogP contribution is -2.41. The highest BCUT2D eigenvalue weighted by Crippen LogP contribution is 2.25. The van der Waals surface area contributed by atoms with Gasteiger partial charge in [-0.15, -0.1) is 0 Å². The molecule has 1 atom stereocenters. The van der Waals surface area contributed by atoms with Crippen LogP contribution in [0.15, 0.2) is 24.3 Å². The Hall–Kier alpha value is -1.35. The summed E-state index contributed by atoms with van der Waals surface area (Å²) in [5, 5.41) is 9.40. The lowest BCUT2D eigenvalue weighted by molar-refractivity contribution is -0.126. The Morgan fingerprint density at radius 1 is 1.46 bits per heavy atom. The summed E-state index contributed by atoms with van der Waals surface area (Å²) in [5.74, 6) is -0.223. The Labute approximate surface area is 76.6 Å². The SMILES string of the molecule is CN1C(=O)C(O)Cc2ccccc21. The van der Waals surface area contributed by atoms with Crippen molar-refractivity contribution in [2.24, 2.45) is 0 Å². The number of aliphatic hydroxyl groups excluding tert-OH is 1. The van der Waals surface area contributed by atoms with E-state index in [4.69, 9.17) is 0 Å². The van der Waals surface area contributed by atoms with E-state index >= 15 is 0 Å². The second-order valence-electron chi connectivity index (χ2n) is 3.25. The molecule has 1 aliphatic rings. The van der Waals surface area contributed by atoms with Gasteiger partial charge in [-0.3, -0.25) is 4.79 Å². The number of amides is 1. The number of anilines is 1. The number of para-hydroxylation sites is 1. The van der Waals surface area contributed by atoms with Crippen molar-refractivity contribution in [3.8, 4) is 0 Å². The van der Waals surface area contributed by atoms with Crippen molar-refractivity contribution in [3.05, 3.63) is 29.8 Å². The second kappa shape index (κ2) is 2.85. The molecule has 0 bridgehead atoms. The Bertz CT molecular complexity index is 349. The van der Waals surface area contributed by atoms with Crippen molar-refractivity contribution in [1.29, 1.82) is 0 Å². The van der Waals surface area contributed by atoms with Crippen molar-refractivity contribution in [2.45, 2.75) is 12.5 Å². The van der Waals surface area contributed by atoms with E-state index in [1.807, 2.05) is 24.3 Å². The van der Waals surface area contributed by atoms with Gasteiger partial charge in [0.2, 0.25) is 0 Å². The summed E-state index contributed by atoms with van der Waals surface area (Å²) in [6.45, 7) is 0. The smallest absolute Gasteiger partial charge is 0.255 e. The first kappa shape index (κ1) is 8.26. The van der Waals surface area contributed by atoms with Crippen LogP contribution in [-0.4, -0.2) is 24.2 Å². The van der Waals surface area contributed by atoms with E-state index in [0.29, 0.717) is 6.42 Å². The van der Waals surface area contributed by atoms with Crippen LogP contribution in [0.4, 0.5) is 5.69 Å². The van der Waals surface area contributed by atoms with E-state index < -0.39 is 6.10 Å². The molecule has 2 rings (SSSR count). The number of hydrogen-bond acceptors (Lipinski definition) is 2. The number of benzene rings is 1. The first-order valence-electron chi connectivity index (χ1n) is 4.23. The Balaban J connectivity index is 2.49. The third kappa shape index (κ3) is 1.21. The Kier molecular flexibility index (Phi) is 1.81. The van der Waals surface area contributed by atoms with E-state index in [2.05, 4.69) is 0 Å². The highest BCUT2D eigenvalue weighted by molar-refractivity contribution is 5.98. The molecule has 0 fully saturated rings. The van der Waals surface area contributed by atoms with E-state index in [9.17, 15) is 9.90 Å². The maximum atomic E-state index is 11.4. The average molecular weight is 177 g/mol. The monoisotopic (exact) mass is 177 g/mol. The van der Waals surface area contributed by atoms with Crippen LogP contribution in [0, 0.1) is 0 Å². The molecule has 13 heavy (non-hydrogen) atoms. The average Bonchev–Trinajstić information content (AvgIpc) is 2.15. The van der Waals surface area contributed by atoms with Gasteiger partial charge >= 0.3 is 0 Å². The molecule has 1 aromatic carbocycles. The molecule has 0 aliphatic carbocycles. The normalized spacial score (nSPS) is 21.5. The fraction of sp³-hybridized carbons (Fsp3) is 0.300. The molecule has 1 amide bonds. The third-order valence-electron chi connectivity index (χ3n) is 2.38. The number of likely N-dealkylation sites (N-methyl/N-ethyl adjacent to an activating group) is 1. The van der Waals surface area contributed by atoms with Crippen molar-refractivity contribution < 1.29 is 9.90 Å². The van der Waals surface area contributed by atoms with Crippen LogP contribution in [0.25, 0.3) is 0 Å². The van der Waals surface area contributed by atoms with E-state index in [1.165, 1.54) is 4.90 Å². The van der Waals surface area contributed by atoms with Gasteiger partial charge in [-0.1, -0.05) is 18.2 Å². The zero-order chi connectivity index (χ0) is 9.42. The molecule has 3 heteroatoms. The molecule has 1 N–H and O–H groups in total. The molecule has 0 spiro atoms.